The molecule has 0 amide bonds. The number of alkyl halides is 3. The first-order valence-electron chi connectivity index (χ1n) is 8.93. The molecule has 0 spiro atoms. The van der Waals surface area contributed by atoms with E-state index in [0.29, 0.717) is 6.54 Å². The molecule has 2 heterocycles. The van der Waals surface area contributed by atoms with Gasteiger partial charge in [0.05, 0.1) is 11.8 Å². The van der Waals surface area contributed by atoms with Gasteiger partial charge in [-0.1, -0.05) is 30.3 Å². The van der Waals surface area contributed by atoms with Crippen LogP contribution in [0.5, 0.6) is 0 Å². The van der Waals surface area contributed by atoms with Crippen LogP contribution < -0.4 is 10.6 Å². The molecule has 0 bridgehead atoms. The van der Waals surface area contributed by atoms with Crippen LogP contribution >= 0.6 is 0 Å². The fraction of sp³-hybridized carbons (Fsp3) is 0.250. The van der Waals surface area contributed by atoms with Crippen LogP contribution in [0.2, 0.25) is 0 Å². The number of hydrogen-bond acceptors (Lipinski definition) is 6. The Morgan fingerprint density at radius 1 is 1.03 bits per heavy atom. The number of pyridine rings is 1. The van der Waals surface area contributed by atoms with Gasteiger partial charge in [-0.3, -0.25) is 4.98 Å². The quantitative estimate of drug-likeness (QED) is 0.554. The van der Waals surface area contributed by atoms with Gasteiger partial charge in [-0.2, -0.15) is 18.2 Å². The van der Waals surface area contributed by atoms with Crippen molar-refractivity contribution < 1.29 is 18.3 Å². The summed E-state index contributed by atoms with van der Waals surface area (Å²) in [6.45, 7) is 1.74. The Labute approximate surface area is 165 Å². The van der Waals surface area contributed by atoms with Gasteiger partial charge in [-0.25, -0.2) is 4.98 Å². The van der Waals surface area contributed by atoms with Gasteiger partial charge in [0.25, 0.3) is 0 Å². The lowest BCUT2D eigenvalue weighted by Crippen LogP contribution is -2.20. The highest BCUT2D eigenvalue weighted by molar-refractivity contribution is 5.59. The van der Waals surface area contributed by atoms with Crippen LogP contribution in [0.3, 0.4) is 0 Å². The van der Waals surface area contributed by atoms with E-state index >= 15 is 0 Å². The number of anilines is 2. The van der Waals surface area contributed by atoms with E-state index in [1.54, 1.807) is 6.20 Å². The summed E-state index contributed by atoms with van der Waals surface area (Å²) in [5.41, 5.74) is 1.74. The van der Waals surface area contributed by atoms with Crippen LogP contribution in [0.15, 0.2) is 54.9 Å². The maximum Gasteiger partial charge on any atom is 0.421 e. The summed E-state index contributed by atoms with van der Waals surface area (Å²) >= 11 is 0. The van der Waals surface area contributed by atoms with Crippen molar-refractivity contribution >= 4 is 11.8 Å². The van der Waals surface area contributed by atoms with Gasteiger partial charge in [0.15, 0.2) is 0 Å². The lowest BCUT2D eigenvalue weighted by molar-refractivity contribution is -0.137. The number of nitrogens with one attached hydrogen (secondary N) is 2. The minimum Gasteiger partial charge on any atom is -0.392 e. The van der Waals surface area contributed by atoms with Gasteiger partial charge < -0.3 is 15.7 Å². The number of halogens is 3. The third-order valence-electron chi connectivity index (χ3n) is 4.02. The fourth-order valence-electron chi connectivity index (χ4n) is 2.56. The molecule has 0 saturated carbocycles. The third-order valence-corrected chi connectivity index (χ3v) is 4.02. The molecule has 6 nitrogen and oxygen atoms in total. The second-order valence-electron chi connectivity index (χ2n) is 6.45. The number of aromatic nitrogens is 3. The molecular formula is C20H20F3N5O. The lowest BCUT2D eigenvalue weighted by atomic mass is 10.1. The second-order valence-corrected chi connectivity index (χ2v) is 6.45. The van der Waals surface area contributed by atoms with Crippen LogP contribution in [-0.4, -0.2) is 32.7 Å². The first kappa shape index (κ1) is 20.5. The largest absolute Gasteiger partial charge is 0.421 e. The molecule has 0 aliphatic rings. The van der Waals surface area contributed by atoms with E-state index in [9.17, 15) is 18.3 Å². The molecule has 1 aromatic carbocycles. The number of hydrogen-bond donors (Lipinski definition) is 3. The Hall–Kier alpha value is -3.20. The van der Waals surface area contributed by atoms with E-state index in [1.165, 1.54) is 6.92 Å². The minimum atomic E-state index is -4.60. The van der Waals surface area contributed by atoms with Gasteiger partial charge in [0.2, 0.25) is 5.95 Å². The van der Waals surface area contributed by atoms with Gasteiger partial charge in [0, 0.05) is 31.0 Å². The van der Waals surface area contributed by atoms with Crippen LogP contribution in [-0.2, 0) is 12.7 Å². The highest BCUT2D eigenvalue weighted by Gasteiger charge is 2.35. The molecule has 3 N–H and O–H groups in total. The zero-order chi connectivity index (χ0) is 20.9. The highest BCUT2D eigenvalue weighted by atomic mass is 19.4. The average Bonchev–Trinajstić information content (AvgIpc) is 2.71. The first-order valence-corrected chi connectivity index (χ1v) is 8.93. The van der Waals surface area contributed by atoms with Gasteiger partial charge in [-0.15, -0.1) is 0 Å². The molecule has 0 aliphatic heterocycles. The third kappa shape index (κ3) is 5.64. The van der Waals surface area contributed by atoms with Crippen molar-refractivity contribution in [2.75, 3.05) is 17.2 Å². The predicted octanol–water partition coefficient (Wildman–Crippen LogP) is 3.96. The van der Waals surface area contributed by atoms with Crippen molar-refractivity contribution in [3.05, 3.63) is 66.0 Å². The molecule has 0 aliphatic carbocycles. The van der Waals surface area contributed by atoms with Crippen molar-refractivity contribution in [2.45, 2.75) is 25.7 Å². The molecule has 3 aromatic rings. The Morgan fingerprint density at radius 3 is 2.41 bits per heavy atom. The predicted molar refractivity (Wildman–Crippen MR) is 104 cm³/mol. The van der Waals surface area contributed by atoms with Crippen LogP contribution in [0.25, 0.3) is 11.3 Å². The Balaban J connectivity index is 1.70. The average molecular weight is 403 g/mol. The topological polar surface area (TPSA) is 83.0 Å². The van der Waals surface area contributed by atoms with E-state index in [1.807, 2.05) is 42.5 Å². The van der Waals surface area contributed by atoms with Crippen molar-refractivity contribution in [1.82, 2.24) is 15.0 Å². The summed E-state index contributed by atoms with van der Waals surface area (Å²) in [4.78, 5) is 12.0. The Kier molecular flexibility index (Phi) is 6.28. The number of rotatable bonds is 7. The monoisotopic (exact) mass is 403 g/mol. The SMILES string of the molecule is C[C@@H](O)CNc1nc(NCc2ccc(-c3ccccn3)cc2)ncc1C(F)(F)F. The maximum absolute atomic E-state index is 13.1. The van der Waals surface area contributed by atoms with Crippen molar-refractivity contribution in [3.8, 4) is 11.3 Å². The van der Waals surface area contributed by atoms with Gasteiger partial charge in [-0.05, 0) is 24.6 Å². The molecule has 29 heavy (non-hydrogen) atoms. The molecule has 9 heteroatoms. The Bertz CT molecular complexity index is 931. The van der Waals surface area contributed by atoms with E-state index in [2.05, 4.69) is 25.6 Å². The van der Waals surface area contributed by atoms with E-state index in [0.717, 1.165) is 23.0 Å². The van der Waals surface area contributed by atoms with Crippen LogP contribution in [0, 0.1) is 0 Å². The Morgan fingerprint density at radius 2 is 1.79 bits per heavy atom. The number of nitrogens with zero attached hydrogens (tertiary/aromatic N) is 3. The second kappa shape index (κ2) is 8.87. The van der Waals surface area contributed by atoms with E-state index < -0.39 is 17.8 Å². The number of aliphatic hydroxyl groups excluding tert-OH is 1. The van der Waals surface area contributed by atoms with Gasteiger partial charge in [0.1, 0.15) is 11.4 Å². The first-order chi connectivity index (χ1) is 13.8. The standard InChI is InChI=1S/C20H20F3N5O/c1-13(29)10-25-18-16(20(21,22)23)12-27-19(28-18)26-11-14-5-7-15(8-6-14)17-4-2-3-9-24-17/h2-9,12-13,29H,10-11H2,1H3,(H2,25,26,27,28)/t13-/m1/s1. The summed E-state index contributed by atoms with van der Waals surface area (Å²) < 4.78 is 39.4. The van der Waals surface area contributed by atoms with Gasteiger partial charge >= 0.3 is 6.18 Å². The smallest absolute Gasteiger partial charge is 0.392 e. The molecule has 1 atom stereocenters. The lowest BCUT2D eigenvalue weighted by Gasteiger charge is -2.15. The summed E-state index contributed by atoms with van der Waals surface area (Å²) in [5, 5.41) is 14.8. The highest BCUT2D eigenvalue weighted by Crippen LogP contribution is 2.33. The summed E-state index contributed by atoms with van der Waals surface area (Å²) in [6.07, 6.45) is -2.97. The molecule has 0 saturated heterocycles. The van der Waals surface area contributed by atoms with E-state index in [-0.39, 0.29) is 18.3 Å². The number of aliphatic hydroxyl groups is 1. The molecule has 2 aromatic heterocycles. The van der Waals surface area contributed by atoms with Crippen molar-refractivity contribution in [3.63, 3.8) is 0 Å². The van der Waals surface area contributed by atoms with Crippen molar-refractivity contribution in [1.29, 1.82) is 0 Å². The molecular weight excluding hydrogens is 383 g/mol. The molecule has 152 valence electrons. The summed E-state index contributed by atoms with van der Waals surface area (Å²) in [5.74, 6) is -0.318. The van der Waals surface area contributed by atoms with Crippen molar-refractivity contribution in [2.24, 2.45) is 0 Å². The normalized spacial score (nSPS) is 12.4. The van der Waals surface area contributed by atoms with E-state index in [4.69, 9.17) is 0 Å². The number of benzene rings is 1. The summed E-state index contributed by atoms with van der Waals surface area (Å²) in [6, 6.07) is 13.3. The molecule has 0 unspecified atom stereocenters. The zero-order valence-corrected chi connectivity index (χ0v) is 15.6. The molecule has 0 fully saturated rings. The summed E-state index contributed by atoms with van der Waals surface area (Å²) in [7, 11) is 0. The van der Waals surface area contributed by atoms with Crippen LogP contribution in [0.1, 0.15) is 18.1 Å². The molecule has 3 rings (SSSR count). The van der Waals surface area contributed by atoms with Crippen LogP contribution in [0.4, 0.5) is 24.9 Å². The fourth-order valence-corrected chi connectivity index (χ4v) is 2.56. The maximum atomic E-state index is 13.1. The minimum absolute atomic E-state index is 0.0555. The zero-order valence-electron chi connectivity index (χ0n) is 15.6. The molecule has 0 radical (unpaired) electrons.